The first-order valence-corrected chi connectivity index (χ1v) is 8.69. The predicted molar refractivity (Wildman–Crippen MR) is 100 cm³/mol. The van der Waals surface area contributed by atoms with Crippen molar-refractivity contribution in [3.63, 3.8) is 0 Å². The van der Waals surface area contributed by atoms with Crippen LogP contribution in [0.15, 0.2) is 48.5 Å². The number of phenolic OH excluding ortho intramolecular Hbond substituents is 1. The van der Waals surface area contributed by atoms with Crippen LogP contribution in [0.2, 0.25) is 0 Å². The largest absolute Gasteiger partial charge is 0.504 e. The number of carbonyl (C=O) groups is 2. The molecule has 1 saturated heterocycles. The zero-order chi connectivity index (χ0) is 19.4. The molecule has 3 rings (SSSR count). The summed E-state index contributed by atoms with van der Waals surface area (Å²) in [6.07, 6.45) is 0.554. The number of amides is 1. The molecule has 7 nitrogen and oxygen atoms in total. The number of carbonyl (C=O) groups excluding carboxylic acids is 1. The van der Waals surface area contributed by atoms with Crippen LogP contribution in [-0.2, 0) is 16.0 Å². The lowest BCUT2D eigenvalue weighted by Gasteiger charge is -2.42. The van der Waals surface area contributed by atoms with Gasteiger partial charge in [0, 0.05) is 31.4 Å². The van der Waals surface area contributed by atoms with Crippen molar-refractivity contribution in [1.82, 2.24) is 4.90 Å². The van der Waals surface area contributed by atoms with Gasteiger partial charge in [-0.2, -0.15) is 0 Å². The Balaban J connectivity index is 1.83. The molecule has 27 heavy (non-hydrogen) atoms. The van der Waals surface area contributed by atoms with E-state index in [0.29, 0.717) is 31.8 Å². The van der Waals surface area contributed by atoms with Crippen molar-refractivity contribution in [2.24, 2.45) is 0 Å². The van der Waals surface area contributed by atoms with Crippen LogP contribution in [0.3, 0.4) is 0 Å². The quantitative estimate of drug-likeness (QED) is 0.797. The summed E-state index contributed by atoms with van der Waals surface area (Å²) in [5.41, 5.74) is 1.83. The number of aliphatic carboxylic acids is 1. The maximum absolute atomic E-state index is 12.1. The summed E-state index contributed by atoms with van der Waals surface area (Å²) in [5, 5.41) is 19.2. The van der Waals surface area contributed by atoms with E-state index in [0.717, 1.165) is 11.3 Å². The van der Waals surface area contributed by atoms with Gasteiger partial charge in [0.15, 0.2) is 11.5 Å². The summed E-state index contributed by atoms with van der Waals surface area (Å²) in [5.74, 6) is -1.89. The van der Waals surface area contributed by atoms with Crippen LogP contribution >= 0.6 is 0 Å². The molecular formula is C20H22N2O5. The number of nitrogens with zero attached hydrogens (tertiary/aromatic N) is 2. The van der Waals surface area contributed by atoms with E-state index in [1.807, 2.05) is 41.3 Å². The normalized spacial score (nSPS) is 16.9. The second kappa shape index (κ2) is 7.99. The average Bonchev–Trinajstić information content (AvgIpc) is 2.68. The Bertz CT molecular complexity index is 824. The first kappa shape index (κ1) is 18.6. The smallest absolute Gasteiger partial charge is 0.394 e. The Morgan fingerprint density at radius 2 is 1.89 bits per heavy atom. The zero-order valence-corrected chi connectivity index (χ0v) is 15.0. The summed E-state index contributed by atoms with van der Waals surface area (Å²) in [6.45, 7) is 1.26. The molecule has 1 fully saturated rings. The lowest BCUT2D eigenvalue weighted by atomic mass is 10.0. The van der Waals surface area contributed by atoms with Gasteiger partial charge in [-0.15, -0.1) is 0 Å². The van der Waals surface area contributed by atoms with Gasteiger partial charge in [0.25, 0.3) is 0 Å². The molecule has 0 unspecified atom stereocenters. The summed E-state index contributed by atoms with van der Waals surface area (Å²) in [4.78, 5) is 26.8. The van der Waals surface area contributed by atoms with Gasteiger partial charge < -0.3 is 24.7 Å². The lowest BCUT2D eigenvalue weighted by Crippen LogP contribution is -2.57. The van der Waals surface area contributed by atoms with Crippen molar-refractivity contribution in [2.45, 2.75) is 12.5 Å². The number of benzene rings is 2. The highest BCUT2D eigenvalue weighted by Gasteiger charge is 2.33. The molecule has 2 aromatic rings. The van der Waals surface area contributed by atoms with Crippen LogP contribution < -0.4 is 9.64 Å². The molecule has 0 aliphatic carbocycles. The molecule has 0 aromatic heterocycles. The third-order valence-electron chi connectivity index (χ3n) is 4.77. The monoisotopic (exact) mass is 370 g/mol. The third-order valence-corrected chi connectivity index (χ3v) is 4.77. The minimum atomic E-state index is -1.44. The highest BCUT2D eigenvalue weighted by molar-refractivity contribution is 6.31. The molecule has 7 heteroatoms. The minimum Gasteiger partial charge on any atom is -0.504 e. The topological polar surface area (TPSA) is 90.3 Å². The molecule has 1 aliphatic rings. The number of ether oxygens (including phenoxy) is 1. The van der Waals surface area contributed by atoms with E-state index < -0.39 is 11.9 Å². The standard InChI is InChI=1S/C20H22N2O5/c1-27-18-8-7-15(12-17(18)23)21-9-10-22(19(24)20(25)26)16(13-21)11-14-5-3-2-4-6-14/h2-8,12,16,23H,9-11,13H2,1H3,(H,25,26)/t16-/m0/s1. The van der Waals surface area contributed by atoms with Crippen LogP contribution in [0, 0.1) is 0 Å². The molecule has 0 bridgehead atoms. The molecule has 142 valence electrons. The molecule has 1 aliphatic heterocycles. The van der Waals surface area contributed by atoms with Crippen LogP contribution in [-0.4, -0.2) is 59.8 Å². The Hall–Kier alpha value is -3.22. The molecule has 1 atom stereocenters. The van der Waals surface area contributed by atoms with Gasteiger partial charge in [-0.3, -0.25) is 4.79 Å². The summed E-state index contributed by atoms with van der Waals surface area (Å²) < 4.78 is 5.08. The van der Waals surface area contributed by atoms with Gasteiger partial charge in [0.2, 0.25) is 0 Å². The number of methoxy groups -OCH3 is 1. The number of phenols is 1. The van der Waals surface area contributed by atoms with Crippen LogP contribution in [0.1, 0.15) is 5.56 Å². The number of carboxylic acids is 1. The van der Waals surface area contributed by atoms with Crippen molar-refractivity contribution >= 4 is 17.6 Å². The van der Waals surface area contributed by atoms with Crippen LogP contribution in [0.4, 0.5) is 5.69 Å². The van der Waals surface area contributed by atoms with E-state index in [1.165, 1.54) is 12.0 Å². The van der Waals surface area contributed by atoms with Gasteiger partial charge in [-0.25, -0.2) is 4.79 Å². The molecule has 0 saturated carbocycles. The predicted octanol–water partition coefficient (Wildman–Crippen LogP) is 1.75. The van der Waals surface area contributed by atoms with Crippen molar-refractivity contribution in [3.8, 4) is 11.5 Å². The maximum Gasteiger partial charge on any atom is 0.394 e. The fraction of sp³-hybridized carbons (Fsp3) is 0.300. The highest BCUT2D eigenvalue weighted by Crippen LogP contribution is 2.31. The van der Waals surface area contributed by atoms with Gasteiger partial charge in [0.1, 0.15) is 0 Å². The maximum atomic E-state index is 12.1. The van der Waals surface area contributed by atoms with E-state index >= 15 is 0 Å². The number of hydrogen-bond acceptors (Lipinski definition) is 5. The number of rotatable bonds is 4. The van der Waals surface area contributed by atoms with Crippen LogP contribution in [0.5, 0.6) is 11.5 Å². The highest BCUT2D eigenvalue weighted by atomic mass is 16.5. The molecule has 1 amide bonds. The van der Waals surface area contributed by atoms with Crippen LogP contribution in [0.25, 0.3) is 0 Å². The SMILES string of the molecule is COc1ccc(N2CCN(C(=O)C(=O)O)[C@@H](Cc3ccccc3)C2)cc1O. The number of aromatic hydroxyl groups is 1. The van der Waals surface area contributed by atoms with Gasteiger partial charge >= 0.3 is 11.9 Å². The number of piperazine rings is 1. The summed E-state index contributed by atoms with van der Waals surface area (Å²) >= 11 is 0. The van der Waals surface area contributed by atoms with E-state index in [9.17, 15) is 14.7 Å². The molecule has 2 aromatic carbocycles. The average molecular weight is 370 g/mol. The summed E-state index contributed by atoms with van der Waals surface area (Å²) in [6, 6.07) is 14.5. The van der Waals surface area contributed by atoms with Gasteiger partial charge in [-0.1, -0.05) is 30.3 Å². The number of carboxylic acid groups (broad SMARTS) is 1. The molecule has 2 N–H and O–H groups in total. The summed E-state index contributed by atoms with van der Waals surface area (Å²) in [7, 11) is 1.49. The number of hydrogen-bond donors (Lipinski definition) is 2. The van der Waals surface area contributed by atoms with E-state index in [2.05, 4.69) is 0 Å². The first-order chi connectivity index (χ1) is 13.0. The van der Waals surface area contributed by atoms with E-state index in [1.54, 1.807) is 12.1 Å². The van der Waals surface area contributed by atoms with Crippen molar-refractivity contribution in [1.29, 1.82) is 0 Å². The minimum absolute atomic E-state index is 0.0404. The Labute approximate surface area is 157 Å². The van der Waals surface area contributed by atoms with Gasteiger partial charge in [-0.05, 0) is 24.1 Å². The molecule has 1 heterocycles. The van der Waals surface area contributed by atoms with Gasteiger partial charge in [0.05, 0.1) is 13.2 Å². The van der Waals surface area contributed by atoms with Crippen molar-refractivity contribution in [2.75, 3.05) is 31.6 Å². The Morgan fingerprint density at radius 3 is 2.52 bits per heavy atom. The zero-order valence-electron chi connectivity index (χ0n) is 15.0. The lowest BCUT2D eigenvalue weighted by molar-refractivity contribution is -0.157. The van der Waals surface area contributed by atoms with E-state index in [-0.39, 0.29) is 11.8 Å². The fourth-order valence-electron chi connectivity index (χ4n) is 3.42. The third kappa shape index (κ3) is 4.13. The molecule has 0 radical (unpaired) electrons. The van der Waals surface area contributed by atoms with Crippen molar-refractivity contribution in [3.05, 3.63) is 54.1 Å². The number of anilines is 1. The second-order valence-electron chi connectivity index (χ2n) is 6.45. The second-order valence-corrected chi connectivity index (χ2v) is 6.45. The molecular weight excluding hydrogens is 348 g/mol. The fourth-order valence-corrected chi connectivity index (χ4v) is 3.42. The molecule has 0 spiro atoms. The Kier molecular flexibility index (Phi) is 5.49. The Morgan fingerprint density at radius 1 is 1.15 bits per heavy atom. The van der Waals surface area contributed by atoms with Crippen molar-refractivity contribution < 1.29 is 24.5 Å². The van der Waals surface area contributed by atoms with E-state index in [4.69, 9.17) is 9.84 Å². The first-order valence-electron chi connectivity index (χ1n) is 8.69.